The molecule has 0 rings (SSSR count). The van der Waals surface area contributed by atoms with Crippen molar-refractivity contribution in [3.05, 3.63) is 0 Å². The molecule has 0 N–H and O–H groups in total. The van der Waals surface area contributed by atoms with Crippen molar-refractivity contribution < 1.29 is 51.7 Å². The molecular weight excluding hydrogens is 251 g/mol. The van der Waals surface area contributed by atoms with Crippen molar-refractivity contribution in [1.82, 2.24) is 0 Å². The van der Waals surface area contributed by atoms with Gasteiger partial charge in [-0.1, -0.05) is 0 Å². The lowest BCUT2D eigenvalue weighted by atomic mass is 10.6. The Kier molecular flexibility index (Phi) is 5.99. The Labute approximate surface area is 84.9 Å². The number of halogens is 5. The number of hydrogen-bond acceptors (Lipinski definition) is 4. The van der Waals surface area contributed by atoms with E-state index >= 15 is 0 Å². The predicted octanol–water partition coefficient (Wildman–Crippen LogP) is 1.18. The first kappa shape index (κ1) is 15.4. The van der Waals surface area contributed by atoms with Crippen LogP contribution in [0.1, 0.15) is 0 Å². The largest absolute Gasteiger partial charge is 0.539 e. The van der Waals surface area contributed by atoms with E-state index in [1.807, 2.05) is 0 Å². The summed E-state index contributed by atoms with van der Waals surface area (Å²) in [5.74, 6) is 0. The quantitative estimate of drug-likeness (QED) is 0.215. The summed E-state index contributed by atoms with van der Waals surface area (Å²) in [6.45, 7) is -1.73. The highest BCUT2D eigenvalue weighted by Gasteiger charge is 2.46. The van der Waals surface area contributed by atoms with Gasteiger partial charge in [-0.2, -0.15) is 18.8 Å². The van der Waals surface area contributed by atoms with Crippen LogP contribution in [0.2, 0.25) is 0 Å². The lowest BCUT2D eigenvalue weighted by Gasteiger charge is -2.16. The van der Waals surface area contributed by atoms with E-state index in [2.05, 4.69) is 19.6 Å². The Bertz CT molecular complexity index is 196. The Morgan fingerprint density at radius 1 is 1.12 bits per heavy atom. The third-order valence-electron chi connectivity index (χ3n) is 0.816. The molecular formula is C5H5F5O6. The molecule has 11 heteroatoms. The van der Waals surface area contributed by atoms with E-state index < -0.39 is 32.0 Å². The second-order valence-electron chi connectivity index (χ2n) is 2.13. The van der Waals surface area contributed by atoms with Gasteiger partial charge in [0, 0.05) is 0 Å². The lowest BCUT2D eigenvalue weighted by Crippen LogP contribution is -2.35. The van der Waals surface area contributed by atoms with E-state index in [1.54, 1.807) is 0 Å². The lowest BCUT2D eigenvalue weighted by molar-refractivity contribution is -0.612. The van der Waals surface area contributed by atoms with Crippen molar-refractivity contribution >= 4 is 0 Å². The summed E-state index contributed by atoms with van der Waals surface area (Å²) < 4.78 is 59.3. The molecule has 16 heavy (non-hydrogen) atoms. The van der Waals surface area contributed by atoms with Crippen LogP contribution in [0, 0.1) is 0 Å². The Balaban J connectivity index is 3.89. The SMILES string of the molecule is [O]CCOOC(F)(F)OOC(F)C([O])(F)F. The molecule has 96 valence electrons. The summed E-state index contributed by atoms with van der Waals surface area (Å²) in [7, 11) is 0. The molecule has 1 atom stereocenters. The number of rotatable bonds is 8. The zero-order chi connectivity index (χ0) is 12.8. The van der Waals surface area contributed by atoms with Crippen LogP contribution in [-0.4, -0.2) is 32.0 Å². The first-order valence-corrected chi connectivity index (χ1v) is 3.52. The van der Waals surface area contributed by atoms with E-state index in [4.69, 9.17) is 0 Å². The minimum absolute atomic E-state index is 0.796. The smallest absolute Gasteiger partial charge is 0.234 e. The van der Waals surface area contributed by atoms with Gasteiger partial charge in [-0.05, 0) is 0 Å². The zero-order valence-corrected chi connectivity index (χ0v) is 7.33. The Hall–Kier alpha value is -0.590. The molecule has 0 bridgehead atoms. The molecule has 0 aliphatic carbocycles. The molecule has 0 saturated heterocycles. The first-order chi connectivity index (χ1) is 7.19. The van der Waals surface area contributed by atoms with Crippen molar-refractivity contribution in [2.75, 3.05) is 13.2 Å². The van der Waals surface area contributed by atoms with Crippen molar-refractivity contribution in [2.45, 2.75) is 18.8 Å². The highest BCUT2D eigenvalue weighted by molar-refractivity contribution is 4.49. The molecule has 2 radical (unpaired) electrons. The molecule has 1 unspecified atom stereocenters. The van der Waals surface area contributed by atoms with Gasteiger partial charge in [0.15, 0.2) is 0 Å². The number of alkyl halides is 5. The second-order valence-corrected chi connectivity index (χ2v) is 2.13. The maximum atomic E-state index is 12.2. The van der Waals surface area contributed by atoms with E-state index in [0.717, 1.165) is 0 Å². The van der Waals surface area contributed by atoms with Gasteiger partial charge in [-0.15, -0.1) is 18.6 Å². The molecule has 0 saturated carbocycles. The van der Waals surface area contributed by atoms with Gasteiger partial charge in [0.25, 0.3) is 0 Å². The fourth-order valence-corrected chi connectivity index (χ4v) is 0.312. The highest BCUT2D eigenvalue weighted by atomic mass is 19.3. The summed E-state index contributed by atoms with van der Waals surface area (Å²) >= 11 is 0. The Morgan fingerprint density at radius 3 is 2.12 bits per heavy atom. The molecule has 0 fully saturated rings. The van der Waals surface area contributed by atoms with E-state index in [9.17, 15) is 32.2 Å². The molecule has 0 aromatic rings. The van der Waals surface area contributed by atoms with Crippen molar-refractivity contribution in [3.63, 3.8) is 0 Å². The monoisotopic (exact) mass is 256 g/mol. The summed E-state index contributed by atoms with van der Waals surface area (Å²) in [6.07, 6.45) is -14.0. The molecule has 0 aliphatic heterocycles. The fourth-order valence-electron chi connectivity index (χ4n) is 0.312. The third kappa shape index (κ3) is 6.81. The van der Waals surface area contributed by atoms with E-state index in [0.29, 0.717) is 0 Å². The van der Waals surface area contributed by atoms with Crippen molar-refractivity contribution in [2.24, 2.45) is 0 Å². The van der Waals surface area contributed by atoms with Crippen LogP contribution in [-0.2, 0) is 29.8 Å². The van der Waals surface area contributed by atoms with Crippen LogP contribution in [0.3, 0.4) is 0 Å². The van der Waals surface area contributed by atoms with Gasteiger partial charge >= 0.3 is 18.8 Å². The van der Waals surface area contributed by atoms with Gasteiger partial charge in [-0.3, -0.25) is 0 Å². The molecule has 0 heterocycles. The van der Waals surface area contributed by atoms with Gasteiger partial charge < -0.3 is 0 Å². The van der Waals surface area contributed by atoms with Gasteiger partial charge in [0.05, 0.1) is 0 Å². The summed E-state index contributed by atoms with van der Waals surface area (Å²) in [5, 5.41) is 19.2. The van der Waals surface area contributed by atoms with Crippen LogP contribution in [0.5, 0.6) is 0 Å². The average molecular weight is 256 g/mol. The first-order valence-electron chi connectivity index (χ1n) is 3.52. The third-order valence-corrected chi connectivity index (χ3v) is 0.816. The van der Waals surface area contributed by atoms with Crippen LogP contribution in [0.4, 0.5) is 22.0 Å². The molecule has 0 aliphatic rings. The normalized spacial score (nSPS) is 15.2. The van der Waals surface area contributed by atoms with Crippen LogP contribution in [0.15, 0.2) is 0 Å². The average Bonchev–Trinajstić information content (AvgIpc) is 2.13. The molecule has 0 aromatic heterocycles. The highest BCUT2D eigenvalue weighted by Crippen LogP contribution is 2.24. The Morgan fingerprint density at radius 2 is 1.69 bits per heavy atom. The predicted molar refractivity (Wildman–Crippen MR) is 30.2 cm³/mol. The van der Waals surface area contributed by atoms with Crippen LogP contribution >= 0.6 is 0 Å². The van der Waals surface area contributed by atoms with E-state index in [-0.39, 0.29) is 0 Å². The standard InChI is InChI=1S/C5H5F5O6/c6-3(4(7,8)12)14-16-5(9,10)15-13-2-1-11/h3H,1-2H2. The molecule has 0 amide bonds. The fraction of sp³-hybridized carbons (Fsp3) is 1.00. The maximum Gasteiger partial charge on any atom is 0.539 e. The second kappa shape index (κ2) is 6.22. The van der Waals surface area contributed by atoms with Gasteiger partial charge in [-0.25, -0.2) is 14.4 Å². The molecule has 0 spiro atoms. The maximum absolute atomic E-state index is 12.2. The van der Waals surface area contributed by atoms with Gasteiger partial charge in [0.1, 0.15) is 13.2 Å². The van der Waals surface area contributed by atoms with Gasteiger partial charge in [0.2, 0.25) is 0 Å². The van der Waals surface area contributed by atoms with E-state index in [1.165, 1.54) is 0 Å². The van der Waals surface area contributed by atoms with Crippen LogP contribution < -0.4 is 0 Å². The summed E-state index contributed by atoms with van der Waals surface area (Å²) in [6, 6.07) is 0. The number of hydrogen-bond donors (Lipinski definition) is 0. The minimum Gasteiger partial charge on any atom is -0.234 e. The molecule has 0 aromatic carbocycles. The molecule has 6 nitrogen and oxygen atoms in total. The van der Waals surface area contributed by atoms with Crippen molar-refractivity contribution in [3.8, 4) is 0 Å². The van der Waals surface area contributed by atoms with Crippen LogP contribution in [0.25, 0.3) is 0 Å². The zero-order valence-electron chi connectivity index (χ0n) is 7.33. The minimum atomic E-state index is -5.27. The summed E-state index contributed by atoms with van der Waals surface area (Å²) in [5.41, 5.74) is 0. The van der Waals surface area contributed by atoms with Crippen molar-refractivity contribution in [1.29, 1.82) is 0 Å². The topological polar surface area (TPSA) is 76.7 Å². The summed E-state index contributed by atoms with van der Waals surface area (Å²) in [4.78, 5) is 12.0.